The first-order chi connectivity index (χ1) is 7.49. The number of nitriles is 2. The number of carbonyl (C=O) groups is 1. The second-order valence-corrected chi connectivity index (χ2v) is 3.39. The molecule has 0 heterocycles. The highest BCUT2D eigenvalue weighted by molar-refractivity contribution is 5.75. The molecule has 16 heavy (non-hydrogen) atoms. The standard InChI is InChI=1S/C11H16N2O3/c1-4-15-10(3)16-11(7-12,8-13)6-5-9(2)14/h10H,4-6H2,1-3H3. The molecule has 0 aliphatic carbocycles. The topological polar surface area (TPSA) is 83.1 Å². The molecular weight excluding hydrogens is 208 g/mol. The van der Waals surface area contributed by atoms with E-state index >= 15 is 0 Å². The summed E-state index contributed by atoms with van der Waals surface area (Å²) >= 11 is 0. The summed E-state index contributed by atoms with van der Waals surface area (Å²) in [6.45, 7) is 5.24. The number of ether oxygens (including phenoxy) is 2. The van der Waals surface area contributed by atoms with Crippen LogP contribution in [0.2, 0.25) is 0 Å². The summed E-state index contributed by atoms with van der Waals surface area (Å²) in [5.74, 6) is -0.0810. The highest BCUT2D eigenvalue weighted by Crippen LogP contribution is 2.19. The molecule has 5 heteroatoms. The van der Waals surface area contributed by atoms with Crippen molar-refractivity contribution in [1.29, 1.82) is 10.5 Å². The van der Waals surface area contributed by atoms with Gasteiger partial charge >= 0.3 is 0 Å². The van der Waals surface area contributed by atoms with Crippen LogP contribution < -0.4 is 0 Å². The van der Waals surface area contributed by atoms with Gasteiger partial charge in [0.2, 0.25) is 5.60 Å². The van der Waals surface area contributed by atoms with Crippen molar-refractivity contribution in [1.82, 2.24) is 0 Å². The van der Waals surface area contributed by atoms with Gasteiger partial charge in [-0.2, -0.15) is 10.5 Å². The van der Waals surface area contributed by atoms with Gasteiger partial charge in [0.1, 0.15) is 17.9 Å². The van der Waals surface area contributed by atoms with Gasteiger partial charge in [0.25, 0.3) is 0 Å². The summed E-state index contributed by atoms with van der Waals surface area (Å²) < 4.78 is 10.3. The first-order valence-electron chi connectivity index (χ1n) is 5.11. The van der Waals surface area contributed by atoms with E-state index in [0.29, 0.717) is 6.61 Å². The average molecular weight is 224 g/mol. The molecule has 0 saturated heterocycles. The fraction of sp³-hybridized carbons (Fsp3) is 0.727. The van der Waals surface area contributed by atoms with Gasteiger partial charge in [-0.05, 0) is 20.8 Å². The third kappa shape index (κ3) is 4.88. The van der Waals surface area contributed by atoms with Gasteiger partial charge in [-0.1, -0.05) is 0 Å². The number of ketones is 1. The van der Waals surface area contributed by atoms with Crippen molar-refractivity contribution in [2.45, 2.75) is 45.5 Å². The van der Waals surface area contributed by atoms with E-state index in [9.17, 15) is 4.79 Å². The number of hydrogen-bond acceptors (Lipinski definition) is 5. The second-order valence-electron chi connectivity index (χ2n) is 3.39. The number of nitrogens with zero attached hydrogens (tertiary/aromatic N) is 2. The van der Waals surface area contributed by atoms with Crippen LogP contribution in [-0.4, -0.2) is 24.3 Å². The molecular formula is C11H16N2O3. The van der Waals surface area contributed by atoms with Crippen LogP contribution in [0.3, 0.4) is 0 Å². The summed E-state index contributed by atoms with van der Waals surface area (Å²) in [6.07, 6.45) is -0.441. The molecule has 0 radical (unpaired) electrons. The Hall–Kier alpha value is -1.43. The highest BCUT2D eigenvalue weighted by atomic mass is 16.7. The third-order valence-electron chi connectivity index (χ3n) is 1.96. The van der Waals surface area contributed by atoms with E-state index in [0.717, 1.165) is 0 Å². The molecule has 0 aliphatic rings. The lowest BCUT2D eigenvalue weighted by Crippen LogP contribution is -2.34. The van der Waals surface area contributed by atoms with Crippen molar-refractivity contribution in [2.75, 3.05) is 6.61 Å². The molecule has 0 aliphatic heterocycles. The molecule has 0 N–H and O–H groups in total. The fourth-order valence-corrected chi connectivity index (χ4v) is 1.15. The third-order valence-corrected chi connectivity index (χ3v) is 1.96. The molecule has 1 unspecified atom stereocenters. The van der Waals surface area contributed by atoms with E-state index in [4.69, 9.17) is 20.0 Å². The van der Waals surface area contributed by atoms with E-state index in [1.165, 1.54) is 6.92 Å². The Morgan fingerprint density at radius 1 is 1.44 bits per heavy atom. The summed E-state index contributed by atoms with van der Waals surface area (Å²) in [6, 6.07) is 3.59. The lowest BCUT2D eigenvalue weighted by atomic mass is 9.99. The van der Waals surface area contributed by atoms with Gasteiger partial charge in [-0.25, -0.2) is 0 Å². The van der Waals surface area contributed by atoms with Crippen LogP contribution in [0, 0.1) is 22.7 Å². The van der Waals surface area contributed by atoms with Crippen molar-refractivity contribution >= 4 is 5.78 Å². The van der Waals surface area contributed by atoms with Crippen molar-refractivity contribution < 1.29 is 14.3 Å². The van der Waals surface area contributed by atoms with E-state index in [1.807, 2.05) is 0 Å². The minimum Gasteiger partial charge on any atom is -0.353 e. The van der Waals surface area contributed by atoms with Crippen LogP contribution in [0.25, 0.3) is 0 Å². The number of rotatable bonds is 7. The van der Waals surface area contributed by atoms with Gasteiger partial charge in [0.15, 0.2) is 6.29 Å². The molecule has 0 fully saturated rings. The molecule has 1 atom stereocenters. The lowest BCUT2D eigenvalue weighted by molar-refractivity contribution is -0.167. The molecule has 0 saturated carbocycles. The van der Waals surface area contributed by atoms with E-state index in [1.54, 1.807) is 26.0 Å². The molecule has 0 bridgehead atoms. The molecule has 0 amide bonds. The largest absolute Gasteiger partial charge is 0.353 e. The minimum absolute atomic E-state index is 0.0622. The Balaban J connectivity index is 4.52. The summed E-state index contributed by atoms with van der Waals surface area (Å²) in [7, 11) is 0. The maximum Gasteiger partial charge on any atom is 0.243 e. The number of hydrogen-bond donors (Lipinski definition) is 0. The van der Waals surface area contributed by atoms with Crippen LogP contribution in [0.1, 0.15) is 33.6 Å². The Labute approximate surface area is 95.6 Å². The zero-order chi connectivity index (χ0) is 12.6. The maximum absolute atomic E-state index is 10.8. The maximum atomic E-state index is 10.8. The zero-order valence-corrected chi connectivity index (χ0v) is 9.82. The molecule has 0 aromatic heterocycles. The van der Waals surface area contributed by atoms with Crippen LogP contribution >= 0.6 is 0 Å². The molecule has 88 valence electrons. The van der Waals surface area contributed by atoms with Gasteiger partial charge in [0, 0.05) is 19.4 Å². The predicted molar refractivity (Wildman–Crippen MR) is 56.0 cm³/mol. The minimum atomic E-state index is -1.60. The highest BCUT2D eigenvalue weighted by Gasteiger charge is 2.33. The van der Waals surface area contributed by atoms with Crippen LogP contribution in [0.4, 0.5) is 0 Å². The van der Waals surface area contributed by atoms with Crippen LogP contribution in [0.5, 0.6) is 0 Å². The van der Waals surface area contributed by atoms with Gasteiger partial charge in [0.05, 0.1) is 0 Å². The van der Waals surface area contributed by atoms with Gasteiger partial charge in [-0.15, -0.1) is 0 Å². The average Bonchev–Trinajstić information content (AvgIpc) is 2.24. The van der Waals surface area contributed by atoms with Crippen molar-refractivity contribution in [3.63, 3.8) is 0 Å². The SMILES string of the molecule is CCOC(C)OC(C#N)(C#N)CCC(C)=O. The van der Waals surface area contributed by atoms with E-state index in [2.05, 4.69) is 0 Å². The first kappa shape index (κ1) is 14.6. The van der Waals surface area contributed by atoms with Crippen LogP contribution in [-0.2, 0) is 14.3 Å². The molecule has 0 aromatic carbocycles. The van der Waals surface area contributed by atoms with Gasteiger partial charge < -0.3 is 14.3 Å². The predicted octanol–water partition coefficient (Wildman–Crippen LogP) is 1.54. The number of carbonyl (C=O) groups excluding carboxylic acids is 1. The van der Waals surface area contributed by atoms with Crippen molar-refractivity contribution in [3.05, 3.63) is 0 Å². The monoisotopic (exact) mass is 224 g/mol. The Morgan fingerprint density at radius 3 is 2.38 bits per heavy atom. The van der Waals surface area contributed by atoms with Crippen molar-refractivity contribution in [3.8, 4) is 12.1 Å². The normalized spacial score (nSPS) is 12.6. The molecule has 0 rings (SSSR count). The molecule has 5 nitrogen and oxygen atoms in total. The Bertz CT molecular complexity index is 300. The summed E-state index contributed by atoms with van der Waals surface area (Å²) in [5.41, 5.74) is -1.60. The quantitative estimate of drug-likeness (QED) is 0.612. The van der Waals surface area contributed by atoms with E-state index in [-0.39, 0.29) is 18.6 Å². The zero-order valence-electron chi connectivity index (χ0n) is 9.82. The van der Waals surface area contributed by atoms with E-state index < -0.39 is 11.9 Å². The van der Waals surface area contributed by atoms with Crippen molar-refractivity contribution in [2.24, 2.45) is 0 Å². The Morgan fingerprint density at radius 2 is 2.00 bits per heavy atom. The molecule has 0 spiro atoms. The van der Waals surface area contributed by atoms with Crippen LogP contribution in [0.15, 0.2) is 0 Å². The van der Waals surface area contributed by atoms with Gasteiger partial charge in [-0.3, -0.25) is 0 Å². The number of Topliss-reactive ketones (excluding diaryl/α,β-unsaturated/α-hetero) is 1. The fourth-order valence-electron chi connectivity index (χ4n) is 1.15. The lowest BCUT2D eigenvalue weighted by Gasteiger charge is -2.23. The molecule has 0 aromatic rings. The smallest absolute Gasteiger partial charge is 0.243 e. The summed E-state index contributed by atoms with van der Waals surface area (Å²) in [5, 5.41) is 17.9. The second kappa shape index (κ2) is 6.95. The Kier molecular flexibility index (Phi) is 6.32. The summed E-state index contributed by atoms with van der Waals surface area (Å²) in [4.78, 5) is 10.8. The first-order valence-corrected chi connectivity index (χ1v) is 5.11.